The molecular weight excluding hydrogens is 430 g/mol. The predicted octanol–water partition coefficient (Wildman–Crippen LogP) is 2.71. The fourth-order valence-electron chi connectivity index (χ4n) is 5.18. The highest BCUT2D eigenvalue weighted by molar-refractivity contribution is 6.10. The molecule has 4 rings (SSSR count). The fraction of sp³-hybridized carbons (Fsp3) is 0.407. The Hall–Kier alpha value is -3.48. The van der Waals surface area contributed by atoms with E-state index in [9.17, 15) is 19.2 Å². The minimum Gasteiger partial charge on any atom is -0.352 e. The molecule has 0 aliphatic carbocycles. The largest absolute Gasteiger partial charge is 0.352 e. The molecule has 0 bridgehead atoms. The highest BCUT2D eigenvalue weighted by Gasteiger charge is 2.54. The average Bonchev–Trinajstić information content (AvgIpc) is 3.34. The van der Waals surface area contributed by atoms with E-state index in [1.54, 1.807) is 11.8 Å². The number of hydrogen-bond donors (Lipinski definition) is 1. The summed E-state index contributed by atoms with van der Waals surface area (Å²) in [6.07, 6.45) is 1.01. The Bertz CT molecular complexity index is 1100. The van der Waals surface area contributed by atoms with Crippen molar-refractivity contribution in [2.45, 2.75) is 57.5 Å². The zero-order valence-electron chi connectivity index (χ0n) is 19.8. The molecule has 34 heavy (non-hydrogen) atoms. The number of imide groups is 1. The first-order chi connectivity index (χ1) is 16.3. The van der Waals surface area contributed by atoms with Gasteiger partial charge in [-0.25, -0.2) is 0 Å². The number of aryl methyl sites for hydroxylation is 1. The lowest BCUT2D eigenvalue weighted by atomic mass is 9.74. The van der Waals surface area contributed by atoms with Crippen LogP contribution in [-0.4, -0.2) is 52.6 Å². The van der Waals surface area contributed by atoms with Crippen LogP contribution in [0.25, 0.3) is 0 Å². The molecule has 1 N–H and O–H groups in total. The lowest BCUT2D eigenvalue weighted by Gasteiger charge is -2.32. The highest BCUT2D eigenvalue weighted by Crippen LogP contribution is 2.41. The molecule has 2 aliphatic heterocycles. The highest BCUT2D eigenvalue weighted by atomic mass is 16.2. The van der Waals surface area contributed by atoms with E-state index >= 15 is 0 Å². The molecule has 1 unspecified atom stereocenters. The summed E-state index contributed by atoms with van der Waals surface area (Å²) >= 11 is 0. The molecule has 7 nitrogen and oxygen atoms in total. The van der Waals surface area contributed by atoms with Crippen molar-refractivity contribution in [3.63, 3.8) is 0 Å². The van der Waals surface area contributed by atoms with E-state index in [0.29, 0.717) is 25.9 Å². The van der Waals surface area contributed by atoms with E-state index < -0.39 is 5.41 Å². The zero-order chi connectivity index (χ0) is 24.3. The number of carbonyl (C=O) groups is 4. The molecule has 2 atom stereocenters. The molecular formula is C27H31N3O4. The van der Waals surface area contributed by atoms with Crippen LogP contribution in [0.3, 0.4) is 0 Å². The van der Waals surface area contributed by atoms with Gasteiger partial charge in [0, 0.05) is 44.9 Å². The Morgan fingerprint density at radius 3 is 2.41 bits per heavy atom. The Balaban J connectivity index is 1.67. The van der Waals surface area contributed by atoms with Crippen molar-refractivity contribution in [2.24, 2.45) is 0 Å². The summed E-state index contributed by atoms with van der Waals surface area (Å²) in [6.45, 7) is 4.69. The maximum Gasteiger partial charge on any atom is 0.240 e. The van der Waals surface area contributed by atoms with Crippen LogP contribution in [0.15, 0.2) is 54.6 Å². The van der Waals surface area contributed by atoms with Crippen molar-refractivity contribution in [3.8, 4) is 0 Å². The molecule has 7 heteroatoms. The maximum absolute atomic E-state index is 13.8. The third-order valence-electron chi connectivity index (χ3n) is 6.93. The predicted molar refractivity (Wildman–Crippen MR) is 128 cm³/mol. The first kappa shape index (κ1) is 23.7. The number of hydrogen-bond acceptors (Lipinski definition) is 4. The van der Waals surface area contributed by atoms with E-state index in [0.717, 1.165) is 16.7 Å². The van der Waals surface area contributed by atoms with Gasteiger partial charge < -0.3 is 10.2 Å². The molecule has 4 amide bonds. The van der Waals surface area contributed by atoms with Gasteiger partial charge in [-0.15, -0.1) is 0 Å². The van der Waals surface area contributed by atoms with E-state index in [1.165, 1.54) is 4.90 Å². The van der Waals surface area contributed by atoms with Crippen LogP contribution in [0.5, 0.6) is 0 Å². The molecule has 2 aliphatic rings. The second-order valence-corrected chi connectivity index (χ2v) is 9.26. The molecule has 2 saturated heterocycles. The van der Waals surface area contributed by atoms with Crippen molar-refractivity contribution in [2.75, 3.05) is 13.1 Å². The Morgan fingerprint density at radius 2 is 1.79 bits per heavy atom. The van der Waals surface area contributed by atoms with Gasteiger partial charge in [0.1, 0.15) is 0 Å². The summed E-state index contributed by atoms with van der Waals surface area (Å²) in [6, 6.07) is 17.0. The van der Waals surface area contributed by atoms with E-state index in [1.807, 2.05) is 61.5 Å². The van der Waals surface area contributed by atoms with Crippen molar-refractivity contribution < 1.29 is 19.2 Å². The Kier molecular flexibility index (Phi) is 6.82. The summed E-state index contributed by atoms with van der Waals surface area (Å²) in [5, 5.41) is 2.94. The number of nitrogens with one attached hydrogen (secondary N) is 1. The SMILES string of the molecule is CCN1C(=O)CC(CC(=O)N(Cc2ccccc2)C[C@@H]2CCC(=O)N2)(c2ccccc2C)C1=O. The molecule has 0 spiro atoms. The monoisotopic (exact) mass is 461 g/mol. The van der Waals surface area contributed by atoms with Gasteiger partial charge in [-0.2, -0.15) is 0 Å². The summed E-state index contributed by atoms with van der Waals surface area (Å²) in [5.41, 5.74) is 1.36. The fourth-order valence-corrected chi connectivity index (χ4v) is 5.18. The Labute approximate surface area is 200 Å². The number of likely N-dealkylation sites (tertiary alicyclic amines) is 1. The summed E-state index contributed by atoms with van der Waals surface area (Å²) in [7, 11) is 0. The second-order valence-electron chi connectivity index (χ2n) is 9.26. The van der Waals surface area contributed by atoms with Gasteiger partial charge in [-0.1, -0.05) is 54.6 Å². The van der Waals surface area contributed by atoms with E-state index in [-0.39, 0.29) is 49.1 Å². The molecule has 2 aromatic carbocycles. The van der Waals surface area contributed by atoms with Crippen LogP contribution < -0.4 is 5.32 Å². The van der Waals surface area contributed by atoms with Gasteiger partial charge >= 0.3 is 0 Å². The summed E-state index contributed by atoms with van der Waals surface area (Å²) in [5.74, 6) is -0.770. The smallest absolute Gasteiger partial charge is 0.240 e. The van der Waals surface area contributed by atoms with Gasteiger partial charge in [0.05, 0.1) is 5.41 Å². The number of rotatable bonds is 8. The van der Waals surface area contributed by atoms with E-state index in [4.69, 9.17) is 0 Å². The molecule has 2 fully saturated rings. The van der Waals surface area contributed by atoms with Gasteiger partial charge in [0.2, 0.25) is 23.6 Å². The number of amides is 4. The lowest BCUT2D eigenvalue weighted by molar-refractivity contribution is -0.142. The molecule has 0 aromatic heterocycles. The first-order valence-electron chi connectivity index (χ1n) is 11.9. The van der Waals surface area contributed by atoms with Crippen LogP contribution in [-0.2, 0) is 31.1 Å². The van der Waals surface area contributed by atoms with Crippen molar-refractivity contribution in [1.29, 1.82) is 0 Å². The topological polar surface area (TPSA) is 86.8 Å². The Morgan fingerprint density at radius 1 is 1.09 bits per heavy atom. The van der Waals surface area contributed by atoms with Crippen molar-refractivity contribution in [1.82, 2.24) is 15.1 Å². The molecule has 2 aromatic rings. The molecule has 0 radical (unpaired) electrons. The summed E-state index contributed by atoms with van der Waals surface area (Å²) in [4.78, 5) is 55.0. The quantitative estimate of drug-likeness (QED) is 0.613. The van der Waals surface area contributed by atoms with Crippen LogP contribution in [0.2, 0.25) is 0 Å². The number of benzene rings is 2. The van der Waals surface area contributed by atoms with Gasteiger partial charge in [0.15, 0.2) is 0 Å². The molecule has 2 heterocycles. The molecule has 178 valence electrons. The number of carbonyl (C=O) groups excluding carboxylic acids is 4. The maximum atomic E-state index is 13.8. The summed E-state index contributed by atoms with van der Waals surface area (Å²) < 4.78 is 0. The molecule has 0 saturated carbocycles. The number of likely N-dealkylation sites (N-methyl/N-ethyl adjacent to an activating group) is 1. The first-order valence-corrected chi connectivity index (χ1v) is 11.9. The third kappa shape index (κ3) is 4.60. The normalized spacial score (nSPS) is 22.2. The zero-order valence-corrected chi connectivity index (χ0v) is 19.8. The lowest BCUT2D eigenvalue weighted by Crippen LogP contribution is -2.46. The van der Waals surface area contributed by atoms with Crippen LogP contribution >= 0.6 is 0 Å². The van der Waals surface area contributed by atoms with Crippen molar-refractivity contribution in [3.05, 3.63) is 71.3 Å². The standard InChI is InChI=1S/C27H31N3O4/c1-3-30-25(33)16-27(26(30)34,22-12-8-7-9-19(22)2)15-24(32)29(17-20-10-5-4-6-11-20)18-21-13-14-23(31)28-21/h4-12,21H,3,13-18H2,1-2H3,(H,28,31)/t21-,27?/m0/s1. The second kappa shape index (κ2) is 9.79. The van der Waals surface area contributed by atoms with Gasteiger partial charge in [-0.3, -0.25) is 24.1 Å². The van der Waals surface area contributed by atoms with Crippen LogP contribution in [0.4, 0.5) is 0 Å². The van der Waals surface area contributed by atoms with Crippen LogP contribution in [0, 0.1) is 6.92 Å². The van der Waals surface area contributed by atoms with E-state index in [2.05, 4.69) is 5.32 Å². The van der Waals surface area contributed by atoms with Gasteiger partial charge in [0.25, 0.3) is 0 Å². The van der Waals surface area contributed by atoms with Crippen molar-refractivity contribution >= 4 is 23.6 Å². The number of nitrogens with zero attached hydrogens (tertiary/aromatic N) is 2. The van der Waals surface area contributed by atoms with Crippen LogP contribution in [0.1, 0.15) is 49.3 Å². The van der Waals surface area contributed by atoms with Gasteiger partial charge in [-0.05, 0) is 37.0 Å². The third-order valence-corrected chi connectivity index (χ3v) is 6.93. The average molecular weight is 462 g/mol. The minimum atomic E-state index is -1.22. The minimum absolute atomic E-state index is 0.0105.